The number of rotatable bonds is 6. The minimum absolute atomic E-state index is 0.000595. The van der Waals surface area contributed by atoms with Crippen LogP contribution < -0.4 is 14.8 Å². The number of benzene rings is 2. The van der Waals surface area contributed by atoms with E-state index in [1.54, 1.807) is 18.2 Å². The topological polar surface area (TPSA) is 71.0 Å². The molecule has 0 unspecified atom stereocenters. The van der Waals surface area contributed by atoms with E-state index >= 15 is 0 Å². The highest BCUT2D eigenvalue weighted by Gasteiger charge is 2.38. The van der Waals surface area contributed by atoms with Gasteiger partial charge < -0.3 is 19.9 Å². The molecule has 2 aliphatic heterocycles. The molecule has 1 saturated heterocycles. The van der Waals surface area contributed by atoms with Crippen molar-refractivity contribution in [3.05, 3.63) is 58.1 Å². The fourth-order valence-electron chi connectivity index (χ4n) is 5.27. The maximum Gasteiger partial charge on any atom is 0.416 e. The minimum Gasteiger partial charge on any atom is -0.492 e. The predicted octanol–water partition coefficient (Wildman–Crippen LogP) is 4.13. The molecular weight excluding hydrogens is 449 g/mol. The van der Waals surface area contributed by atoms with Crippen LogP contribution in [0.15, 0.2) is 30.3 Å². The van der Waals surface area contributed by atoms with Gasteiger partial charge in [-0.05, 0) is 41.7 Å². The van der Waals surface area contributed by atoms with Gasteiger partial charge in [0.25, 0.3) is 0 Å². The first-order valence-electron chi connectivity index (χ1n) is 11.6. The van der Waals surface area contributed by atoms with Gasteiger partial charge in [-0.2, -0.15) is 13.2 Å². The van der Waals surface area contributed by atoms with E-state index in [2.05, 4.69) is 10.2 Å². The summed E-state index contributed by atoms with van der Waals surface area (Å²) in [5.41, 5.74) is 2.21. The Kier molecular flexibility index (Phi) is 6.16. The first-order valence-corrected chi connectivity index (χ1v) is 11.6. The van der Waals surface area contributed by atoms with Crippen LogP contribution in [0.1, 0.15) is 52.7 Å². The Morgan fingerprint density at radius 1 is 1.18 bits per heavy atom. The lowest BCUT2D eigenvalue weighted by Gasteiger charge is -2.29. The van der Waals surface area contributed by atoms with Gasteiger partial charge in [0.05, 0.1) is 18.6 Å². The van der Waals surface area contributed by atoms with Crippen LogP contribution in [-0.4, -0.2) is 48.8 Å². The maximum absolute atomic E-state index is 13.8. The van der Waals surface area contributed by atoms with Crippen molar-refractivity contribution in [3.63, 3.8) is 0 Å². The molecule has 2 N–H and O–H groups in total. The maximum atomic E-state index is 13.8. The first kappa shape index (κ1) is 23.0. The molecule has 0 amide bonds. The van der Waals surface area contributed by atoms with Crippen molar-refractivity contribution in [2.45, 2.75) is 44.0 Å². The predicted molar refractivity (Wildman–Crippen MR) is 118 cm³/mol. The van der Waals surface area contributed by atoms with Crippen molar-refractivity contribution in [3.8, 4) is 11.5 Å². The Balaban J connectivity index is 1.39. The molecule has 2 aromatic rings. The van der Waals surface area contributed by atoms with Crippen LogP contribution >= 0.6 is 0 Å². The minimum atomic E-state index is -4.40. The zero-order chi connectivity index (χ0) is 23.9. The van der Waals surface area contributed by atoms with Gasteiger partial charge in [0.1, 0.15) is 17.6 Å². The summed E-state index contributed by atoms with van der Waals surface area (Å²) >= 11 is 0. The average molecular weight is 476 g/mol. The summed E-state index contributed by atoms with van der Waals surface area (Å²) in [5, 5.41) is 12.3. The van der Waals surface area contributed by atoms with Gasteiger partial charge in [0.2, 0.25) is 0 Å². The highest BCUT2D eigenvalue weighted by Crippen LogP contribution is 2.44. The molecule has 182 valence electrons. The van der Waals surface area contributed by atoms with E-state index in [0.717, 1.165) is 42.9 Å². The van der Waals surface area contributed by atoms with Gasteiger partial charge in [-0.1, -0.05) is 12.1 Å². The summed E-state index contributed by atoms with van der Waals surface area (Å²) in [6, 6.07) is 8.11. The quantitative estimate of drug-likeness (QED) is 0.654. The van der Waals surface area contributed by atoms with Crippen molar-refractivity contribution >= 4 is 5.97 Å². The van der Waals surface area contributed by atoms with Crippen molar-refractivity contribution in [2.75, 3.05) is 32.8 Å². The number of halogens is 3. The third-order valence-electron chi connectivity index (χ3n) is 6.93. The monoisotopic (exact) mass is 476 g/mol. The summed E-state index contributed by atoms with van der Waals surface area (Å²) in [4.78, 5) is 13.1. The van der Waals surface area contributed by atoms with E-state index in [1.807, 2.05) is 6.07 Å². The van der Waals surface area contributed by atoms with Crippen LogP contribution in [0.2, 0.25) is 0 Å². The number of hydrogen-bond donors (Lipinski definition) is 2. The fourth-order valence-corrected chi connectivity index (χ4v) is 5.27. The molecule has 2 atom stereocenters. The molecule has 9 heteroatoms. The van der Waals surface area contributed by atoms with Crippen molar-refractivity contribution in [2.24, 2.45) is 0 Å². The number of ether oxygens (including phenoxy) is 2. The van der Waals surface area contributed by atoms with Gasteiger partial charge in [0.15, 0.2) is 0 Å². The molecule has 6 nitrogen and oxygen atoms in total. The molecule has 0 radical (unpaired) electrons. The second-order valence-electron chi connectivity index (χ2n) is 9.13. The van der Waals surface area contributed by atoms with Crippen LogP contribution in [0.3, 0.4) is 0 Å². The zero-order valence-corrected chi connectivity index (χ0v) is 18.7. The standard InChI is InChI=1S/C25H27F3N2O4/c26-25(27,28)21-5-3-19-18(20(21)13-30-9-7-29-8-10-30)4-6-22(19)34-16-1-2-17-15(11-24(31)32)14-33-23(17)12-16/h1-3,5,12,15,22,29H,4,6-11,13-14H2,(H,31,32)/t15-,22-/m1/s1. The number of carboxylic acid groups (broad SMARTS) is 1. The number of aliphatic carboxylic acids is 1. The van der Waals surface area contributed by atoms with Crippen LogP contribution in [0.4, 0.5) is 13.2 Å². The summed E-state index contributed by atoms with van der Waals surface area (Å²) in [7, 11) is 0. The molecule has 34 heavy (non-hydrogen) atoms. The number of nitrogens with zero attached hydrogens (tertiary/aromatic N) is 1. The number of fused-ring (bicyclic) bond motifs is 2. The third-order valence-corrected chi connectivity index (χ3v) is 6.93. The number of piperazine rings is 1. The highest BCUT2D eigenvalue weighted by atomic mass is 19.4. The molecule has 2 heterocycles. The first-order chi connectivity index (χ1) is 16.3. The van der Waals surface area contributed by atoms with Crippen molar-refractivity contribution < 1.29 is 32.5 Å². The lowest BCUT2D eigenvalue weighted by atomic mass is 9.96. The van der Waals surface area contributed by atoms with Gasteiger partial charge in [-0.25, -0.2) is 0 Å². The molecule has 0 saturated carbocycles. The molecule has 0 bridgehead atoms. The Bertz CT molecular complexity index is 1080. The Hall–Kier alpha value is -2.78. The largest absolute Gasteiger partial charge is 0.492 e. The molecule has 1 fully saturated rings. The highest BCUT2D eigenvalue weighted by molar-refractivity contribution is 5.68. The molecule has 1 aliphatic carbocycles. The zero-order valence-electron chi connectivity index (χ0n) is 18.7. The smallest absolute Gasteiger partial charge is 0.416 e. The van der Waals surface area contributed by atoms with E-state index < -0.39 is 17.7 Å². The number of carboxylic acids is 1. The van der Waals surface area contributed by atoms with Gasteiger partial charge in [0, 0.05) is 50.3 Å². The van der Waals surface area contributed by atoms with E-state index in [0.29, 0.717) is 36.5 Å². The SMILES string of the molecule is O=C(O)C[C@@H]1COc2cc(O[C@@H]3CCc4c3ccc(C(F)(F)F)c4CN3CCNCC3)ccc21. The second-order valence-corrected chi connectivity index (χ2v) is 9.13. The lowest BCUT2D eigenvalue weighted by molar-refractivity contribution is -0.139. The molecule has 5 rings (SSSR count). The average Bonchev–Trinajstić information content (AvgIpc) is 3.38. The Labute approximate surface area is 195 Å². The number of nitrogens with one attached hydrogen (secondary N) is 1. The van der Waals surface area contributed by atoms with Gasteiger partial charge in [-0.15, -0.1) is 0 Å². The molecular formula is C25H27F3N2O4. The summed E-state index contributed by atoms with van der Waals surface area (Å²) < 4.78 is 53.4. The lowest BCUT2D eigenvalue weighted by Crippen LogP contribution is -2.43. The Morgan fingerprint density at radius 2 is 1.94 bits per heavy atom. The van der Waals surface area contributed by atoms with Crippen LogP contribution in [0.5, 0.6) is 11.5 Å². The van der Waals surface area contributed by atoms with Crippen LogP contribution in [0, 0.1) is 0 Å². The number of carbonyl (C=O) groups is 1. The number of alkyl halides is 3. The third kappa shape index (κ3) is 4.59. The van der Waals surface area contributed by atoms with E-state index in [4.69, 9.17) is 14.6 Å². The molecule has 0 aromatic heterocycles. The van der Waals surface area contributed by atoms with E-state index in [-0.39, 0.29) is 25.0 Å². The van der Waals surface area contributed by atoms with Crippen molar-refractivity contribution in [1.29, 1.82) is 0 Å². The summed E-state index contributed by atoms with van der Waals surface area (Å²) in [6.07, 6.45) is -3.60. The van der Waals surface area contributed by atoms with Crippen LogP contribution in [-0.2, 0) is 23.9 Å². The second kappa shape index (κ2) is 9.11. The molecule has 2 aromatic carbocycles. The van der Waals surface area contributed by atoms with Crippen LogP contribution in [0.25, 0.3) is 0 Å². The van der Waals surface area contributed by atoms with E-state index in [1.165, 1.54) is 6.07 Å². The van der Waals surface area contributed by atoms with Gasteiger partial charge >= 0.3 is 12.1 Å². The number of hydrogen-bond acceptors (Lipinski definition) is 5. The van der Waals surface area contributed by atoms with Gasteiger partial charge in [-0.3, -0.25) is 9.69 Å². The molecule has 0 spiro atoms. The Morgan fingerprint density at radius 3 is 2.68 bits per heavy atom. The summed E-state index contributed by atoms with van der Waals surface area (Å²) in [5.74, 6) is 0.103. The van der Waals surface area contributed by atoms with E-state index in [9.17, 15) is 18.0 Å². The fraction of sp³-hybridized carbons (Fsp3) is 0.480. The van der Waals surface area contributed by atoms with Crippen molar-refractivity contribution in [1.82, 2.24) is 10.2 Å². The normalized spacial score (nSPS) is 22.2. The summed E-state index contributed by atoms with van der Waals surface area (Å²) in [6.45, 7) is 3.58. The molecule has 3 aliphatic rings.